The van der Waals surface area contributed by atoms with E-state index in [4.69, 9.17) is 26.6 Å². The van der Waals surface area contributed by atoms with E-state index in [1.807, 2.05) is 6.08 Å². The highest BCUT2D eigenvalue weighted by molar-refractivity contribution is 6.30. The largest absolute Gasteiger partial charge is 0.481 e. The van der Waals surface area contributed by atoms with Gasteiger partial charge in [-0.3, -0.25) is 4.79 Å². The Morgan fingerprint density at radius 1 is 1.62 bits per heavy atom. The minimum atomic E-state index is -0.833. The number of carbonyl (C=O) groups is 1. The number of aliphatic carboxylic acids is 1. The molecule has 0 aromatic heterocycles. The van der Waals surface area contributed by atoms with Gasteiger partial charge in [-0.2, -0.15) is 0 Å². The summed E-state index contributed by atoms with van der Waals surface area (Å²) in [6.07, 6.45) is 5.09. The third-order valence-corrected chi connectivity index (χ3v) is 1.90. The Morgan fingerprint density at radius 2 is 2.08 bits per heavy atom. The first kappa shape index (κ1) is 12.5. The Bertz CT molecular complexity index is 181. The van der Waals surface area contributed by atoms with Crippen LogP contribution < -0.4 is 0 Å². The van der Waals surface area contributed by atoms with Crippen molar-refractivity contribution in [3.05, 3.63) is 11.1 Å². The predicted octanol–water partition coefficient (Wildman–Crippen LogP) is 1.99. The quantitative estimate of drug-likeness (QED) is 0.743. The van der Waals surface area contributed by atoms with Crippen LogP contribution in [0.1, 0.15) is 26.2 Å². The normalized spacial score (nSPS) is 16.1. The molecule has 0 amide bonds. The van der Waals surface area contributed by atoms with Gasteiger partial charge in [0.2, 0.25) is 0 Å². The van der Waals surface area contributed by atoms with Crippen LogP contribution in [0.4, 0.5) is 0 Å². The van der Waals surface area contributed by atoms with E-state index in [9.17, 15) is 0 Å². The predicted molar refractivity (Wildman–Crippen MR) is 51.7 cm³/mol. The van der Waals surface area contributed by atoms with E-state index in [1.54, 1.807) is 0 Å². The van der Waals surface area contributed by atoms with Crippen molar-refractivity contribution in [1.82, 2.24) is 0 Å². The molecule has 0 heterocycles. The zero-order valence-electron chi connectivity index (χ0n) is 7.66. The SMILES string of the molecule is CC(=O)O.OCCC=C(Cl)C1CC1. The Labute approximate surface area is 83.0 Å². The number of aliphatic hydroxyl groups excluding tert-OH is 1. The van der Waals surface area contributed by atoms with Crippen LogP contribution in [-0.4, -0.2) is 22.8 Å². The summed E-state index contributed by atoms with van der Waals surface area (Å²) in [5.41, 5.74) is 0. The maximum Gasteiger partial charge on any atom is 0.300 e. The van der Waals surface area contributed by atoms with E-state index in [0.29, 0.717) is 12.3 Å². The number of carboxylic acid groups (broad SMARTS) is 1. The Hall–Kier alpha value is -0.540. The smallest absolute Gasteiger partial charge is 0.300 e. The van der Waals surface area contributed by atoms with Gasteiger partial charge in [0.05, 0.1) is 0 Å². The second-order valence-corrected chi connectivity index (χ2v) is 3.33. The van der Waals surface area contributed by atoms with Crippen molar-refractivity contribution < 1.29 is 15.0 Å². The summed E-state index contributed by atoms with van der Waals surface area (Å²) in [6, 6.07) is 0. The van der Waals surface area contributed by atoms with Crippen molar-refractivity contribution in [3.63, 3.8) is 0 Å². The lowest BCUT2D eigenvalue weighted by Crippen LogP contribution is -1.79. The third kappa shape index (κ3) is 9.37. The van der Waals surface area contributed by atoms with Gasteiger partial charge < -0.3 is 10.2 Å². The molecule has 3 nitrogen and oxygen atoms in total. The van der Waals surface area contributed by atoms with Gasteiger partial charge in [0.25, 0.3) is 5.97 Å². The molecule has 0 unspecified atom stereocenters. The lowest BCUT2D eigenvalue weighted by Gasteiger charge is -1.90. The van der Waals surface area contributed by atoms with Gasteiger partial charge in [0, 0.05) is 18.6 Å². The molecule has 0 atom stereocenters. The zero-order valence-corrected chi connectivity index (χ0v) is 8.42. The van der Waals surface area contributed by atoms with Gasteiger partial charge in [0.1, 0.15) is 0 Å². The topological polar surface area (TPSA) is 57.5 Å². The molecule has 0 radical (unpaired) electrons. The summed E-state index contributed by atoms with van der Waals surface area (Å²) in [7, 11) is 0. The Kier molecular flexibility index (Phi) is 6.63. The molecule has 0 saturated heterocycles. The molecule has 0 aliphatic heterocycles. The highest BCUT2D eigenvalue weighted by Crippen LogP contribution is 2.38. The monoisotopic (exact) mass is 206 g/mol. The van der Waals surface area contributed by atoms with E-state index in [2.05, 4.69) is 0 Å². The summed E-state index contributed by atoms with van der Waals surface area (Å²) in [5.74, 6) is -0.196. The molecule has 4 heteroatoms. The second kappa shape index (κ2) is 6.92. The summed E-state index contributed by atoms with van der Waals surface area (Å²) in [4.78, 5) is 9.00. The molecule has 1 saturated carbocycles. The van der Waals surface area contributed by atoms with E-state index in [-0.39, 0.29) is 6.61 Å². The molecular formula is C9H15ClO3. The van der Waals surface area contributed by atoms with Gasteiger partial charge in [-0.25, -0.2) is 0 Å². The highest BCUT2D eigenvalue weighted by atomic mass is 35.5. The van der Waals surface area contributed by atoms with Crippen molar-refractivity contribution in [2.24, 2.45) is 5.92 Å². The maximum absolute atomic E-state index is 9.00. The van der Waals surface area contributed by atoms with Gasteiger partial charge >= 0.3 is 0 Å². The van der Waals surface area contributed by atoms with Crippen molar-refractivity contribution in [1.29, 1.82) is 0 Å². The number of allylic oxidation sites excluding steroid dienone is 1. The van der Waals surface area contributed by atoms with Crippen molar-refractivity contribution >= 4 is 17.6 Å². The number of halogens is 1. The van der Waals surface area contributed by atoms with Gasteiger partial charge in [-0.15, -0.1) is 0 Å². The van der Waals surface area contributed by atoms with Crippen LogP contribution in [0.5, 0.6) is 0 Å². The molecule has 1 aliphatic rings. The fourth-order valence-corrected chi connectivity index (χ4v) is 1.06. The molecule has 0 aromatic rings. The van der Waals surface area contributed by atoms with Crippen LogP contribution >= 0.6 is 11.6 Å². The van der Waals surface area contributed by atoms with Crippen LogP contribution in [0.2, 0.25) is 0 Å². The first-order chi connectivity index (χ1) is 6.07. The molecular weight excluding hydrogens is 192 g/mol. The molecule has 1 rings (SSSR count). The minimum Gasteiger partial charge on any atom is -0.481 e. The molecule has 76 valence electrons. The van der Waals surface area contributed by atoms with E-state index >= 15 is 0 Å². The van der Waals surface area contributed by atoms with Crippen molar-refractivity contribution in [3.8, 4) is 0 Å². The number of aliphatic hydroxyl groups is 1. The Balaban J connectivity index is 0.000000310. The number of carboxylic acids is 1. The first-order valence-corrected chi connectivity index (χ1v) is 4.61. The molecule has 0 aromatic carbocycles. The summed E-state index contributed by atoms with van der Waals surface area (Å²) in [5, 5.41) is 16.8. The fraction of sp³-hybridized carbons (Fsp3) is 0.667. The molecule has 0 spiro atoms. The molecule has 1 aliphatic carbocycles. The zero-order chi connectivity index (χ0) is 10.3. The number of rotatable bonds is 3. The lowest BCUT2D eigenvalue weighted by atomic mass is 10.3. The summed E-state index contributed by atoms with van der Waals surface area (Å²) >= 11 is 5.81. The van der Waals surface area contributed by atoms with Gasteiger partial charge in [-0.05, 0) is 25.2 Å². The second-order valence-electron chi connectivity index (χ2n) is 2.89. The van der Waals surface area contributed by atoms with E-state index in [0.717, 1.165) is 12.0 Å². The number of hydrogen-bond donors (Lipinski definition) is 2. The fourth-order valence-electron chi connectivity index (χ4n) is 0.728. The molecule has 2 N–H and O–H groups in total. The first-order valence-electron chi connectivity index (χ1n) is 4.24. The van der Waals surface area contributed by atoms with Crippen LogP contribution in [0.15, 0.2) is 11.1 Å². The Morgan fingerprint density at radius 3 is 2.38 bits per heavy atom. The average molecular weight is 207 g/mol. The molecule has 1 fully saturated rings. The molecule has 13 heavy (non-hydrogen) atoms. The van der Waals surface area contributed by atoms with Crippen molar-refractivity contribution in [2.45, 2.75) is 26.2 Å². The van der Waals surface area contributed by atoms with Gasteiger partial charge in [-0.1, -0.05) is 17.7 Å². The average Bonchev–Trinajstić information content (AvgIpc) is 2.81. The summed E-state index contributed by atoms with van der Waals surface area (Å²) < 4.78 is 0. The minimum absolute atomic E-state index is 0.211. The lowest BCUT2D eigenvalue weighted by molar-refractivity contribution is -0.134. The van der Waals surface area contributed by atoms with Crippen LogP contribution in [0, 0.1) is 5.92 Å². The third-order valence-electron chi connectivity index (χ3n) is 1.44. The standard InChI is InChI=1S/C7H11ClO.C2H4O2/c8-7(2-1-5-9)6-3-4-6;1-2(3)4/h2,6,9H,1,3-5H2;1H3,(H,3,4). The highest BCUT2D eigenvalue weighted by Gasteiger charge is 2.23. The summed E-state index contributed by atoms with van der Waals surface area (Å²) in [6.45, 7) is 1.29. The molecule has 0 bridgehead atoms. The van der Waals surface area contributed by atoms with E-state index in [1.165, 1.54) is 12.8 Å². The maximum atomic E-state index is 9.00. The van der Waals surface area contributed by atoms with Crippen LogP contribution in [-0.2, 0) is 4.79 Å². The van der Waals surface area contributed by atoms with Crippen LogP contribution in [0.25, 0.3) is 0 Å². The number of hydrogen-bond acceptors (Lipinski definition) is 2. The van der Waals surface area contributed by atoms with E-state index < -0.39 is 5.97 Å². The van der Waals surface area contributed by atoms with Gasteiger partial charge in [0.15, 0.2) is 0 Å². The van der Waals surface area contributed by atoms with Crippen molar-refractivity contribution in [2.75, 3.05) is 6.61 Å². The van der Waals surface area contributed by atoms with Crippen LogP contribution in [0.3, 0.4) is 0 Å².